The van der Waals surface area contributed by atoms with Crippen molar-refractivity contribution >= 4 is 17.3 Å². The molecule has 0 saturated carbocycles. The lowest BCUT2D eigenvalue weighted by molar-refractivity contribution is 0.0605. The van der Waals surface area contributed by atoms with Crippen molar-refractivity contribution in [3.8, 4) is 0 Å². The van der Waals surface area contributed by atoms with E-state index in [1.54, 1.807) is 0 Å². The van der Waals surface area contributed by atoms with E-state index in [9.17, 15) is 4.79 Å². The minimum absolute atomic E-state index is 0.228. The summed E-state index contributed by atoms with van der Waals surface area (Å²) in [7, 11) is 1.41. The molecule has 1 rings (SSSR count). The Labute approximate surface area is 76.2 Å². The summed E-state index contributed by atoms with van der Waals surface area (Å²) < 4.78 is 4.66. The SMILES string of the molecule is COC(=O)c1sccc1C(C)C. The van der Waals surface area contributed by atoms with Crippen LogP contribution in [0, 0.1) is 0 Å². The van der Waals surface area contributed by atoms with Crippen LogP contribution < -0.4 is 0 Å². The summed E-state index contributed by atoms with van der Waals surface area (Å²) >= 11 is 1.44. The van der Waals surface area contributed by atoms with E-state index in [0.717, 1.165) is 10.4 Å². The van der Waals surface area contributed by atoms with Gasteiger partial charge in [0.1, 0.15) is 4.88 Å². The van der Waals surface area contributed by atoms with Crippen molar-refractivity contribution in [1.29, 1.82) is 0 Å². The van der Waals surface area contributed by atoms with Crippen LogP contribution in [0.15, 0.2) is 11.4 Å². The standard InChI is InChI=1S/C9H12O2S/c1-6(2)7-4-5-12-8(7)9(10)11-3/h4-6H,1-3H3. The van der Waals surface area contributed by atoms with Gasteiger partial charge in [-0.1, -0.05) is 13.8 Å². The molecule has 0 aliphatic rings. The van der Waals surface area contributed by atoms with Gasteiger partial charge in [-0.05, 0) is 22.9 Å². The molecule has 12 heavy (non-hydrogen) atoms. The number of thiophene rings is 1. The first kappa shape index (κ1) is 9.26. The van der Waals surface area contributed by atoms with E-state index in [1.807, 2.05) is 11.4 Å². The summed E-state index contributed by atoms with van der Waals surface area (Å²) in [5, 5.41) is 1.92. The molecule has 0 spiro atoms. The molecule has 0 N–H and O–H groups in total. The van der Waals surface area contributed by atoms with Gasteiger partial charge in [0.2, 0.25) is 0 Å². The number of methoxy groups -OCH3 is 1. The Hall–Kier alpha value is -0.830. The van der Waals surface area contributed by atoms with E-state index in [2.05, 4.69) is 18.6 Å². The maximum absolute atomic E-state index is 11.2. The van der Waals surface area contributed by atoms with E-state index in [4.69, 9.17) is 0 Å². The molecule has 1 aromatic heterocycles. The van der Waals surface area contributed by atoms with Crippen LogP contribution in [0.3, 0.4) is 0 Å². The highest BCUT2D eigenvalue weighted by Gasteiger charge is 2.14. The summed E-state index contributed by atoms with van der Waals surface area (Å²) in [4.78, 5) is 11.9. The summed E-state index contributed by atoms with van der Waals surface area (Å²) in [5.41, 5.74) is 1.08. The fourth-order valence-corrected chi connectivity index (χ4v) is 2.00. The van der Waals surface area contributed by atoms with Crippen LogP contribution in [-0.2, 0) is 4.74 Å². The lowest BCUT2D eigenvalue weighted by Gasteiger charge is -2.04. The quantitative estimate of drug-likeness (QED) is 0.660. The molecule has 66 valence electrons. The molecule has 3 heteroatoms. The third kappa shape index (κ3) is 1.67. The van der Waals surface area contributed by atoms with Gasteiger partial charge in [-0.25, -0.2) is 4.79 Å². The minimum atomic E-state index is -0.228. The molecule has 2 nitrogen and oxygen atoms in total. The number of hydrogen-bond acceptors (Lipinski definition) is 3. The molecule has 0 unspecified atom stereocenters. The molecule has 0 aliphatic heterocycles. The molecule has 0 aliphatic carbocycles. The third-order valence-electron chi connectivity index (χ3n) is 1.69. The summed E-state index contributed by atoms with van der Waals surface area (Å²) in [6.45, 7) is 4.13. The van der Waals surface area contributed by atoms with Crippen LogP contribution in [0.2, 0.25) is 0 Å². The van der Waals surface area contributed by atoms with Crippen molar-refractivity contribution in [1.82, 2.24) is 0 Å². The molecule has 0 bridgehead atoms. The maximum Gasteiger partial charge on any atom is 0.348 e. The average Bonchev–Trinajstić information content (AvgIpc) is 2.50. The zero-order chi connectivity index (χ0) is 9.14. The van der Waals surface area contributed by atoms with Crippen LogP contribution in [0.25, 0.3) is 0 Å². The largest absolute Gasteiger partial charge is 0.465 e. The van der Waals surface area contributed by atoms with Gasteiger partial charge in [0, 0.05) is 0 Å². The Bertz CT molecular complexity index is 276. The molecule has 0 amide bonds. The van der Waals surface area contributed by atoms with E-state index >= 15 is 0 Å². The Morgan fingerprint density at radius 2 is 2.25 bits per heavy atom. The van der Waals surface area contributed by atoms with E-state index < -0.39 is 0 Å². The van der Waals surface area contributed by atoms with Gasteiger partial charge in [-0.15, -0.1) is 11.3 Å². The first-order chi connectivity index (χ1) is 5.66. The van der Waals surface area contributed by atoms with Gasteiger partial charge in [0.25, 0.3) is 0 Å². The monoisotopic (exact) mass is 184 g/mol. The smallest absolute Gasteiger partial charge is 0.348 e. The predicted octanol–water partition coefficient (Wildman–Crippen LogP) is 2.66. The maximum atomic E-state index is 11.2. The van der Waals surface area contributed by atoms with Gasteiger partial charge in [-0.2, -0.15) is 0 Å². The fourth-order valence-electron chi connectivity index (χ4n) is 1.03. The summed E-state index contributed by atoms with van der Waals surface area (Å²) in [6, 6.07) is 1.97. The average molecular weight is 184 g/mol. The number of carbonyl (C=O) groups is 1. The number of hydrogen-bond donors (Lipinski definition) is 0. The third-order valence-corrected chi connectivity index (χ3v) is 2.60. The molecule has 0 radical (unpaired) electrons. The van der Waals surface area contributed by atoms with Gasteiger partial charge < -0.3 is 4.74 Å². The fraction of sp³-hybridized carbons (Fsp3) is 0.444. The zero-order valence-corrected chi connectivity index (χ0v) is 8.27. The second-order valence-corrected chi connectivity index (χ2v) is 3.77. The highest BCUT2D eigenvalue weighted by atomic mass is 32.1. The Kier molecular flexibility index (Phi) is 2.87. The highest BCUT2D eigenvalue weighted by molar-refractivity contribution is 7.12. The predicted molar refractivity (Wildman–Crippen MR) is 49.7 cm³/mol. The minimum Gasteiger partial charge on any atom is -0.465 e. The van der Waals surface area contributed by atoms with E-state index in [1.165, 1.54) is 18.4 Å². The molecule has 0 saturated heterocycles. The first-order valence-electron chi connectivity index (χ1n) is 3.82. The van der Waals surface area contributed by atoms with Crippen LogP contribution in [0.5, 0.6) is 0 Å². The molecule has 0 fully saturated rings. The molecule has 1 aromatic rings. The number of carbonyl (C=O) groups excluding carboxylic acids is 1. The van der Waals surface area contributed by atoms with Crippen LogP contribution in [0.1, 0.15) is 35.0 Å². The Morgan fingerprint density at radius 1 is 1.58 bits per heavy atom. The molecule has 0 atom stereocenters. The summed E-state index contributed by atoms with van der Waals surface area (Å²) in [5.74, 6) is 0.152. The molecule has 1 heterocycles. The molecule has 0 aromatic carbocycles. The van der Waals surface area contributed by atoms with Gasteiger partial charge >= 0.3 is 5.97 Å². The molecular formula is C9H12O2S. The van der Waals surface area contributed by atoms with Crippen molar-refractivity contribution < 1.29 is 9.53 Å². The van der Waals surface area contributed by atoms with Crippen LogP contribution in [0.4, 0.5) is 0 Å². The topological polar surface area (TPSA) is 26.3 Å². The van der Waals surface area contributed by atoms with Gasteiger partial charge in [0.05, 0.1) is 7.11 Å². The van der Waals surface area contributed by atoms with E-state index in [-0.39, 0.29) is 5.97 Å². The molecular weight excluding hydrogens is 172 g/mol. The van der Waals surface area contributed by atoms with Gasteiger partial charge in [-0.3, -0.25) is 0 Å². The van der Waals surface area contributed by atoms with Crippen molar-refractivity contribution in [3.05, 3.63) is 21.9 Å². The van der Waals surface area contributed by atoms with E-state index in [0.29, 0.717) is 5.92 Å². The van der Waals surface area contributed by atoms with Crippen molar-refractivity contribution in [2.45, 2.75) is 19.8 Å². The van der Waals surface area contributed by atoms with Crippen molar-refractivity contribution in [2.75, 3.05) is 7.11 Å². The normalized spacial score (nSPS) is 10.3. The second-order valence-electron chi connectivity index (χ2n) is 2.85. The Balaban J connectivity index is 2.99. The highest BCUT2D eigenvalue weighted by Crippen LogP contribution is 2.24. The van der Waals surface area contributed by atoms with Crippen molar-refractivity contribution in [3.63, 3.8) is 0 Å². The lowest BCUT2D eigenvalue weighted by atomic mass is 10.1. The number of ether oxygens (including phenoxy) is 1. The Morgan fingerprint density at radius 3 is 2.75 bits per heavy atom. The second kappa shape index (κ2) is 3.72. The van der Waals surface area contributed by atoms with Crippen LogP contribution in [-0.4, -0.2) is 13.1 Å². The van der Waals surface area contributed by atoms with Gasteiger partial charge in [0.15, 0.2) is 0 Å². The van der Waals surface area contributed by atoms with Crippen LogP contribution >= 0.6 is 11.3 Å². The summed E-state index contributed by atoms with van der Waals surface area (Å²) in [6.07, 6.45) is 0. The number of rotatable bonds is 2. The number of esters is 1. The first-order valence-corrected chi connectivity index (χ1v) is 4.70. The van der Waals surface area contributed by atoms with Crippen molar-refractivity contribution in [2.24, 2.45) is 0 Å². The lowest BCUT2D eigenvalue weighted by Crippen LogP contribution is -2.02. The zero-order valence-electron chi connectivity index (χ0n) is 7.46.